The van der Waals surface area contributed by atoms with Crippen LogP contribution in [0, 0.1) is 0 Å². The Balaban J connectivity index is 1.65. The number of carbonyl (C=O) groups excluding carboxylic acids is 1. The molecular weight excluding hydrogens is 382 g/mol. The smallest absolute Gasteiger partial charge is 0.252 e. The standard InChI is InChI=1S/C19H21N3OS3/c1-22(2)16(18-8-5-9-25-18)10-20-19(23)15-6-3-4-7-17(15)26-12-14-11-24-13-21-14/h3-9,11,13,16H,10,12H2,1-2H3,(H,20,23). The molecule has 0 aliphatic heterocycles. The molecule has 3 rings (SSSR count). The van der Waals surface area contributed by atoms with Gasteiger partial charge >= 0.3 is 0 Å². The molecule has 1 amide bonds. The lowest BCUT2D eigenvalue weighted by Crippen LogP contribution is -2.34. The highest BCUT2D eigenvalue weighted by Crippen LogP contribution is 2.27. The lowest BCUT2D eigenvalue weighted by atomic mass is 10.2. The van der Waals surface area contributed by atoms with Crippen molar-refractivity contribution in [1.82, 2.24) is 15.2 Å². The molecule has 3 aromatic rings. The van der Waals surface area contributed by atoms with Gasteiger partial charge in [-0.05, 0) is 37.7 Å². The van der Waals surface area contributed by atoms with Crippen molar-refractivity contribution in [2.24, 2.45) is 0 Å². The van der Waals surface area contributed by atoms with Gasteiger partial charge in [-0.15, -0.1) is 34.4 Å². The van der Waals surface area contributed by atoms with Crippen molar-refractivity contribution in [1.29, 1.82) is 0 Å². The number of thiophene rings is 1. The molecule has 1 unspecified atom stereocenters. The number of nitrogens with zero attached hydrogens (tertiary/aromatic N) is 2. The van der Waals surface area contributed by atoms with Crippen molar-refractivity contribution >= 4 is 40.3 Å². The second kappa shape index (κ2) is 9.32. The fourth-order valence-electron chi connectivity index (χ4n) is 2.54. The maximum atomic E-state index is 12.8. The van der Waals surface area contributed by atoms with Crippen LogP contribution in [0.2, 0.25) is 0 Å². The molecule has 0 saturated heterocycles. The van der Waals surface area contributed by atoms with Gasteiger partial charge in [-0.25, -0.2) is 4.98 Å². The number of carbonyl (C=O) groups is 1. The SMILES string of the molecule is CN(C)C(CNC(=O)c1ccccc1SCc1cscn1)c1cccs1. The van der Waals surface area contributed by atoms with Crippen LogP contribution in [0.15, 0.2) is 57.6 Å². The number of aromatic nitrogens is 1. The molecule has 0 radical (unpaired) electrons. The molecule has 1 aromatic carbocycles. The average Bonchev–Trinajstić information content (AvgIpc) is 3.34. The van der Waals surface area contributed by atoms with Crippen molar-refractivity contribution in [3.63, 3.8) is 0 Å². The van der Waals surface area contributed by atoms with Gasteiger partial charge in [0.05, 0.1) is 22.8 Å². The van der Waals surface area contributed by atoms with Crippen molar-refractivity contribution < 1.29 is 4.79 Å². The van der Waals surface area contributed by atoms with E-state index in [2.05, 4.69) is 26.6 Å². The molecule has 136 valence electrons. The van der Waals surface area contributed by atoms with Crippen molar-refractivity contribution in [2.45, 2.75) is 16.7 Å². The summed E-state index contributed by atoms with van der Waals surface area (Å²) in [6.45, 7) is 0.581. The van der Waals surface area contributed by atoms with Gasteiger partial charge in [-0.1, -0.05) is 18.2 Å². The predicted molar refractivity (Wildman–Crippen MR) is 111 cm³/mol. The van der Waals surface area contributed by atoms with Gasteiger partial charge in [0.2, 0.25) is 0 Å². The quantitative estimate of drug-likeness (QED) is 0.561. The fourth-order valence-corrected chi connectivity index (χ4v) is 5.08. The first-order valence-corrected chi connectivity index (χ1v) is 11.0. The molecule has 7 heteroatoms. The van der Waals surface area contributed by atoms with Crippen LogP contribution in [0.25, 0.3) is 0 Å². The lowest BCUT2D eigenvalue weighted by molar-refractivity contribution is 0.0939. The van der Waals surface area contributed by atoms with Crippen LogP contribution < -0.4 is 5.32 Å². The largest absolute Gasteiger partial charge is 0.350 e. The molecule has 0 fully saturated rings. The number of amides is 1. The molecule has 2 heterocycles. The maximum absolute atomic E-state index is 12.8. The third-order valence-electron chi connectivity index (χ3n) is 3.94. The highest BCUT2D eigenvalue weighted by molar-refractivity contribution is 7.98. The third kappa shape index (κ3) is 4.94. The van der Waals surface area contributed by atoms with Crippen molar-refractivity contribution in [3.8, 4) is 0 Å². The zero-order valence-corrected chi connectivity index (χ0v) is 17.2. The van der Waals surface area contributed by atoms with E-state index in [0.717, 1.165) is 21.9 Å². The number of thiazole rings is 1. The monoisotopic (exact) mass is 403 g/mol. The number of hydrogen-bond donors (Lipinski definition) is 1. The number of benzene rings is 1. The highest BCUT2D eigenvalue weighted by Gasteiger charge is 2.18. The summed E-state index contributed by atoms with van der Waals surface area (Å²) in [6, 6.07) is 12.1. The van der Waals surface area contributed by atoms with E-state index in [4.69, 9.17) is 0 Å². The molecule has 1 N–H and O–H groups in total. The van der Waals surface area contributed by atoms with Gasteiger partial charge in [-0.2, -0.15) is 0 Å². The van der Waals surface area contributed by atoms with Gasteiger partial charge < -0.3 is 10.2 Å². The second-order valence-electron chi connectivity index (χ2n) is 5.97. The van der Waals surface area contributed by atoms with Crippen molar-refractivity contribution in [3.05, 3.63) is 68.8 Å². The molecule has 4 nitrogen and oxygen atoms in total. The van der Waals surface area contributed by atoms with Crippen LogP contribution >= 0.6 is 34.4 Å². The minimum Gasteiger partial charge on any atom is -0.350 e. The molecule has 0 aliphatic rings. The van der Waals surface area contributed by atoms with Crippen molar-refractivity contribution in [2.75, 3.05) is 20.6 Å². The van der Waals surface area contributed by atoms with E-state index in [-0.39, 0.29) is 11.9 Å². The summed E-state index contributed by atoms with van der Waals surface area (Å²) in [5.74, 6) is 0.735. The van der Waals surface area contributed by atoms with Crippen LogP contribution in [-0.4, -0.2) is 36.4 Å². The molecule has 0 bridgehead atoms. The maximum Gasteiger partial charge on any atom is 0.252 e. The first kappa shape index (κ1) is 19.1. The number of likely N-dealkylation sites (N-methyl/N-ethyl adjacent to an activating group) is 1. The summed E-state index contributed by atoms with van der Waals surface area (Å²) in [6.07, 6.45) is 0. The van der Waals surface area contributed by atoms with E-state index in [1.54, 1.807) is 34.4 Å². The van der Waals surface area contributed by atoms with Crippen LogP contribution in [-0.2, 0) is 5.75 Å². The Morgan fingerprint density at radius 3 is 2.81 bits per heavy atom. The average molecular weight is 404 g/mol. The van der Waals surface area contributed by atoms with Crippen LogP contribution in [0.3, 0.4) is 0 Å². The van der Waals surface area contributed by atoms with E-state index in [1.165, 1.54) is 4.88 Å². The molecule has 0 aliphatic carbocycles. The summed E-state index contributed by atoms with van der Waals surface area (Å²) in [5, 5.41) is 7.21. The summed E-state index contributed by atoms with van der Waals surface area (Å²) in [4.78, 5) is 21.4. The van der Waals surface area contributed by atoms with Gasteiger partial charge in [0, 0.05) is 27.5 Å². The van der Waals surface area contributed by atoms with Crippen LogP contribution in [0.5, 0.6) is 0 Å². The Bertz CT molecular complexity index is 816. The van der Waals surface area contributed by atoms with E-state index < -0.39 is 0 Å². The predicted octanol–water partition coefficient (Wildman–Crippen LogP) is 4.53. The number of thioether (sulfide) groups is 1. The summed E-state index contributed by atoms with van der Waals surface area (Å²) >= 11 is 4.95. The molecule has 0 saturated carbocycles. The summed E-state index contributed by atoms with van der Waals surface area (Å²) in [5.41, 5.74) is 3.59. The molecular formula is C19H21N3OS3. The minimum atomic E-state index is -0.0326. The highest BCUT2D eigenvalue weighted by atomic mass is 32.2. The van der Waals surface area contributed by atoms with Crippen LogP contribution in [0.1, 0.15) is 27.0 Å². The van der Waals surface area contributed by atoms with E-state index in [0.29, 0.717) is 6.54 Å². The number of hydrogen-bond acceptors (Lipinski definition) is 6. The zero-order chi connectivity index (χ0) is 18.4. The second-order valence-corrected chi connectivity index (χ2v) is 8.68. The summed E-state index contributed by atoms with van der Waals surface area (Å²) < 4.78 is 0. The molecule has 0 spiro atoms. The fraction of sp³-hybridized carbons (Fsp3) is 0.263. The lowest BCUT2D eigenvalue weighted by Gasteiger charge is -2.23. The van der Waals surface area contributed by atoms with E-state index in [1.807, 2.05) is 55.3 Å². The molecule has 26 heavy (non-hydrogen) atoms. The topological polar surface area (TPSA) is 45.2 Å². The Labute approximate surface area is 166 Å². The normalized spacial score (nSPS) is 12.3. The molecule has 2 aromatic heterocycles. The van der Waals surface area contributed by atoms with Gasteiger partial charge in [-0.3, -0.25) is 4.79 Å². The summed E-state index contributed by atoms with van der Waals surface area (Å²) in [7, 11) is 4.07. The van der Waals surface area contributed by atoms with Gasteiger partial charge in [0.1, 0.15) is 0 Å². The van der Waals surface area contributed by atoms with Gasteiger partial charge in [0.15, 0.2) is 0 Å². The Hall–Kier alpha value is -1.67. The Morgan fingerprint density at radius 2 is 2.12 bits per heavy atom. The number of rotatable bonds is 8. The Morgan fingerprint density at radius 1 is 1.27 bits per heavy atom. The zero-order valence-electron chi connectivity index (χ0n) is 14.7. The molecule has 1 atom stereocenters. The van der Waals surface area contributed by atoms with E-state index >= 15 is 0 Å². The Kier molecular flexibility index (Phi) is 6.85. The number of nitrogens with one attached hydrogen (secondary N) is 1. The minimum absolute atomic E-state index is 0.0326. The van der Waals surface area contributed by atoms with E-state index in [9.17, 15) is 4.79 Å². The first-order valence-electron chi connectivity index (χ1n) is 8.22. The third-order valence-corrected chi connectivity index (χ3v) is 6.66. The van der Waals surface area contributed by atoms with Gasteiger partial charge in [0.25, 0.3) is 5.91 Å². The van der Waals surface area contributed by atoms with Crippen LogP contribution in [0.4, 0.5) is 0 Å². The first-order chi connectivity index (χ1) is 12.6.